The Kier molecular flexibility index (Phi) is 5.46. The number of aryl methyl sites for hydroxylation is 1. The molecule has 1 heterocycles. The Morgan fingerprint density at radius 1 is 1.00 bits per heavy atom. The topological polar surface area (TPSA) is 142 Å². The van der Waals surface area contributed by atoms with Crippen molar-refractivity contribution in [2.75, 3.05) is 23.8 Å². The quantitative estimate of drug-likeness (QED) is 0.381. The molecule has 7 N–H and O–H groups in total. The highest BCUT2D eigenvalue weighted by Gasteiger charge is 2.24. The lowest BCUT2D eigenvalue weighted by Crippen LogP contribution is -2.18. The van der Waals surface area contributed by atoms with E-state index < -0.39 is 10.1 Å². The molecule has 0 aliphatic carbocycles. The van der Waals surface area contributed by atoms with Gasteiger partial charge in [-0.05, 0) is 59.8 Å². The minimum atomic E-state index is -4.27. The van der Waals surface area contributed by atoms with E-state index in [-0.39, 0.29) is 11.0 Å². The van der Waals surface area contributed by atoms with Crippen molar-refractivity contribution in [1.29, 1.82) is 0 Å². The van der Waals surface area contributed by atoms with Crippen molar-refractivity contribution < 1.29 is 17.7 Å². The molecule has 0 saturated carbocycles. The van der Waals surface area contributed by atoms with E-state index in [1.165, 1.54) is 6.07 Å². The lowest BCUT2D eigenvalue weighted by molar-refractivity contribution is -0.0517. The predicted molar refractivity (Wildman–Crippen MR) is 111 cm³/mol. The smallest absolute Gasteiger partial charge is 0.295 e. The van der Waals surface area contributed by atoms with E-state index in [1.54, 1.807) is 30.3 Å². The van der Waals surface area contributed by atoms with Crippen LogP contribution < -0.4 is 17.2 Å². The van der Waals surface area contributed by atoms with Gasteiger partial charge in [-0.2, -0.15) is 8.42 Å². The van der Waals surface area contributed by atoms with Crippen molar-refractivity contribution in [3.05, 3.63) is 59.7 Å². The molecule has 0 spiro atoms. The van der Waals surface area contributed by atoms with Gasteiger partial charge in [0.1, 0.15) is 4.90 Å². The summed E-state index contributed by atoms with van der Waals surface area (Å²) in [5.74, 6) is 0. The molecule has 1 aliphatic rings. The molecule has 0 amide bonds. The van der Waals surface area contributed by atoms with Gasteiger partial charge in [0, 0.05) is 28.9 Å². The largest absolute Gasteiger partial charge is 0.399 e. The number of anilines is 3. The Labute approximate surface area is 163 Å². The first-order chi connectivity index (χ1) is 13.2. The van der Waals surface area contributed by atoms with E-state index in [2.05, 4.69) is 0 Å². The zero-order chi connectivity index (χ0) is 20.5. The highest BCUT2D eigenvalue weighted by Crippen LogP contribution is 2.37. The lowest BCUT2D eigenvalue weighted by atomic mass is 9.96. The fourth-order valence-electron chi connectivity index (χ4n) is 3.08. The number of nitrogen functional groups attached to an aromatic ring is 3. The second-order valence-electron chi connectivity index (χ2n) is 6.70. The van der Waals surface area contributed by atoms with Crippen LogP contribution in [0, 0.1) is 6.92 Å². The minimum Gasteiger partial charge on any atom is -0.399 e. The summed E-state index contributed by atoms with van der Waals surface area (Å²) in [6, 6.07) is 13.6. The maximum Gasteiger partial charge on any atom is 0.295 e. The van der Waals surface area contributed by atoms with E-state index in [4.69, 9.17) is 21.9 Å². The Hall–Kier alpha value is -2.81. The second-order valence-corrected chi connectivity index (χ2v) is 8.09. The summed E-state index contributed by atoms with van der Waals surface area (Å²) in [4.78, 5) is -0.127. The standard InChI is InChI=1S/C13H13NO4S.C7H10N2/c14-8-6-10(12-4-5-18-12)9-2-1-3-13(11(9)7-8)19(15,16)17;1-5-4-6(8)2-3-7(5)9/h1-3,6-7,12H,4-5,14H2,(H,15,16,17);2-4H,8-9H2,1H3. The lowest BCUT2D eigenvalue weighted by Gasteiger charge is -2.28. The maximum absolute atomic E-state index is 11.4. The summed E-state index contributed by atoms with van der Waals surface area (Å²) in [6.45, 7) is 2.63. The summed E-state index contributed by atoms with van der Waals surface area (Å²) >= 11 is 0. The first kappa shape index (κ1) is 19.9. The summed E-state index contributed by atoms with van der Waals surface area (Å²) in [7, 11) is -4.27. The van der Waals surface area contributed by atoms with Crippen molar-refractivity contribution in [3.8, 4) is 0 Å². The molecule has 0 aromatic heterocycles. The second kappa shape index (κ2) is 7.67. The van der Waals surface area contributed by atoms with Crippen LogP contribution >= 0.6 is 0 Å². The number of ether oxygens (including phenoxy) is 1. The molecular formula is C20H23N3O4S. The molecule has 1 saturated heterocycles. The first-order valence-electron chi connectivity index (χ1n) is 8.69. The van der Waals surface area contributed by atoms with Crippen molar-refractivity contribution in [1.82, 2.24) is 0 Å². The van der Waals surface area contributed by atoms with E-state index in [0.29, 0.717) is 17.7 Å². The number of hydrogen-bond donors (Lipinski definition) is 4. The van der Waals surface area contributed by atoms with Crippen LogP contribution in [0.15, 0.2) is 53.4 Å². The Bertz CT molecular complexity index is 1130. The monoisotopic (exact) mass is 401 g/mol. The van der Waals surface area contributed by atoms with Gasteiger partial charge in [0.05, 0.1) is 12.7 Å². The Morgan fingerprint density at radius 3 is 2.25 bits per heavy atom. The van der Waals surface area contributed by atoms with Crippen LogP contribution in [0.4, 0.5) is 17.1 Å². The molecule has 1 fully saturated rings. The van der Waals surface area contributed by atoms with Gasteiger partial charge in [0.2, 0.25) is 0 Å². The van der Waals surface area contributed by atoms with Crippen molar-refractivity contribution in [2.45, 2.75) is 24.3 Å². The Morgan fingerprint density at radius 2 is 1.71 bits per heavy atom. The molecular weight excluding hydrogens is 378 g/mol. The van der Waals surface area contributed by atoms with Crippen LogP contribution in [0.2, 0.25) is 0 Å². The van der Waals surface area contributed by atoms with Crippen molar-refractivity contribution in [2.24, 2.45) is 0 Å². The molecule has 0 radical (unpaired) electrons. The number of fused-ring (bicyclic) bond motifs is 1. The molecule has 3 aromatic rings. The summed E-state index contributed by atoms with van der Waals surface area (Å²) in [5, 5.41) is 1.17. The van der Waals surface area contributed by atoms with Crippen LogP contribution in [0.5, 0.6) is 0 Å². The molecule has 1 unspecified atom stereocenters. The van der Waals surface area contributed by atoms with Crippen molar-refractivity contribution >= 4 is 38.0 Å². The third-order valence-electron chi connectivity index (χ3n) is 4.63. The number of nitrogens with two attached hydrogens (primary N) is 3. The highest BCUT2D eigenvalue weighted by atomic mass is 32.2. The average Bonchev–Trinajstić information content (AvgIpc) is 2.56. The Balaban J connectivity index is 0.000000211. The van der Waals surface area contributed by atoms with Gasteiger partial charge >= 0.3 is 0 Å². The fourth-order valence-corrected chi connectivity index (χ4v) is 3.78. The van der Waals surface area contributed by atoms with Gasteiger partial charge < -0.3 is 21.9 Å². The van der Waals surface area contributed by atoms with E-state index in [9.17, 15) is 13.0 Å². The molecule has 0 bridgehead atoms. The highest BCUT2D eigenvalue weighted by molar-refractivity contribution is 7.86. The third-order valence-corrected chi connectivity index (χ3v) is 5.54. The van der Waals surface area contributed by atoms with E-state index in [1.807, 2.05) is 19.1 Å². The molecule has 8 heteroatoms. The molecule has 28 heavy (non-hydrogen) atoms. The predicted octanol–water partition coefficient (Wildman–Crippen LogP) is 3.29. The third kappa shape index (κ3) is 4.19. The molecule has 4 rings (SSSR count). The first-order valence-corrected chi connectivity index (χ1v) is 10.1. The van der Waals surface area contributed by atoms with Crippen LogP contribution in [-0.2, 0) is 14.9 Å². The molecule has 1 atom stereocenters. The zero-order valence-corrected chi connectivity index (χ0v) is 16.2. The van der Waals surface area contributed by atoms with Crippen LogP contribution in [0.3, 0.4) is 0 Å². The SMILES string of the molecule is Cc1cc(N)ccc1N.Nc1cc(C2CCO2)c2cccc(S(=O)(=O)O)c2c1. The van der Waals surface area contributed by atoms with Gasteiger partial charge in [0.25, 0.3) is 10.1 Å². The molecule has 7 nitrogen and oxygen atoms in total. The fraction of sp³-hybridized carbons (Fsp3) is 0.200. The van der Waals surface area contributed by atoms with Gasteiger partial charge in [-0.1, -0.05) is 12.1 Å². The summed E-state index contributed by atoms with van der Waals surface area (Å²) in [5.41, 5.74) is 20.7. The number of hydrogen-bond acceptors (Lipinski definition) is 6. The van der Waals surface area contributed by atoms with Crippen LogP contribution in [0.1, 0.15) is 23.7 Å². The maximum atomic E-state index is 11.4. The van der Waals surface area contributed by atoms with E-state index in [0.717, 1.165) is 34.3 Å². The zero-order valence-electron chi connectivity index (χ0n) is 15.4. The van der Waals surface area contributed by atoms with Crippen molar-refractivity contribution in [3.63, 3.8) is 0 Å². The molecule has 148 valence electrons. The van der Waals surface area contributed by atoms with Crippen LogP contribution in [0.25, 0.3) is 10.8 Å². The summed E-state index contributed by atoms with van der Waals surface area (Å²) < 4.78 is 37.5. The van der Waals surface area contributed by atoms with Gasteiger partial charge in [-0.15, -0.1) is 0 Å². The van der Waals surface area contributed by atoms with Gasteiger partial charge in [-0.25, -0.2) is 0 Å². The van der Waals surface area contributed by atoms with Crippen LogP contribution in [-0.4, -0.2) is 19.6 Å². The number of rotatable bonds is 2. The minimum absolute atomic E-state index is 0.0531. The average molecular weight is 401 g/mol. The van der Waals surface area contributed by atoms with Gasteiger partial charge in [-0.3, -0.25) is 4.55 Å². The number of benzene rings is 3. The molecule has 1 aliphatic heterocycles. The molecule has 3 aromatic carbocycles. The van der Waals surface area contributed by atoms with Gasteiger partial charge in [0.15, 0.2) is 0 Å². The normalized spacial score (nSPS) is 16.1. The summed E-state index contributed by atoms with van der Waals surface area (Å²) in [6.07, 6.45) is 0.830. The van der Waals surface area contributed by atoms with E-state index >= 15 is 0 Å².